The molecular weight excluding hydrogens is 338 g/mol. The second-order valence-electron chi connectivity index (χ2n) is 6.02. The van der Waals surface area contributed by atoms with E-state index in [1.807, 2.05) is 66.7 Å². The average Bonchev–Trinajstić information content (AvgIpc) is 2.72. The second kappa shape index (κ2) is 8.63. The van der Waals surface area contributed by atoms with Crippen LogP contribution in [-0.2, 0) is 11.3 Å². The molecule has 0 radical (unpaired) electrons. The molecule has 3 aromatic rings. The van der Waals surface area contributed by atoms with Crippen molar-refractivity contribution in [1.82, 2.24) is 5.32 Å². The first-order valence-electron chi connectivity index (χ1n) is 8.56. The summed E-state index contributed by atoms with van der Waals surface area (Å²) in [5.74, 6) is -1.21. The van der Waals surface area contributed by atoms with E-state index in [0.717, 1.165) is 16.7 Å². The quantitative estimate of drug-likeness (QED) is 0.512. The van der Waals surface area contributed by atoms with E-state index in [2.05, 4.69) is 5.32 Å². The Hall–Kier alpha value is -3.66. The van der Waals surface area contributed by atoms with Gasteiger partial charge in [0.25, 0.3) is 5.91 Å². The molecule has 0 aliphatic rings. The lowest BCUT2D eigenvalue weighted by Crippen LogP contribution is -2.24. The van der Waals surface area contributed by atoms with Crippen molar-refractivity contribution in [2.75, 3.05) is 0 Å². The predicted molar refractivity (Wildman–Crippen MR) is 106 cm³/mol. The summed E-state index contributed by atoms with van der Waals surface area (Å²) < 4.78 is 0. The molecule has 1 amide bonds. The number of rotatable bonds is 6. The Labute approximate surface area is 157 Å². The molecule has 0 aliphatic carbocycles. The topological polar surface area (TPSA) is 66.4 Å². The molecule has 0 aliphatic heterocycles. The molecule has 0 atom stereocenters. The van der Waals surface area contributed by atoms with Crippen LogP contribution in [0.1, 0.15) is 27.0 Å². The largest absolute Gasteiger partial charge is 0.478 e. The predicted octanol–water partition coefficient (Wildman–Crippen LogP) is 4.24. The molecule has 0 spiro atoms. The summed E-state index contributed by atoms with van der Waals surface area (Å²) in [6, 6.07) is 25.6. The Morgan fingerprint density at radius 3 is 2.11 bits per heavy atom. The lowest BCUT2D eigenvalue weighted by Gasteiger charge is -2.10. The minimum Gasteiger partial charge on any atom is -0.478 e. The molecule has 0 saturated heterocycles. The minimum atomic E-state index is -0.989. The van der Waals surface area contributed by atoms with Gasteiger partial charge >= 0.3 is 5.97 Å². The zero-order valence-electron chi connectivity index (χ0n) is 14.6. The normalized spacial score (nSPS) is 11.0. The van der Waals surface area contributed by atoms with E-state index in [4.69, 9.17) is 5.11 Å². The van der Waals surface area contributed by atoms with Crippen molar-refractivity contribution in [3.8, 4) is 0 Å². The van der Waals surface area contributed by atoms with Gasteiger partial charge < -0.3 is 10.4 Å². The SMILES string of the molecule is O=C(NCc1cccc(C(=O)O)c1)/C(=C\c1ccccc1)c1ccccc1. The summed E-state index contributed by atoms with van der Waals surface area (Å²) in [6.45, 7) is 0.249. The van der Waals surface area contributed by atoms with Crippen molar-refractivity contribution in [3.63, 3.8) is 0 Å². The first-order chi connectivity index (χ1) is 13.1. The Morgan fingerprint density at radius 1 is 0.815 bits per heavy atom. The molecule has 0 saturated carbocycles. The number of aromatic carboxylic acids is 1. The molecule has 0 fully saturated rings. The minimum absolute atomic E-state index is 0.199. The van der Waals surface area contributed by atoms with Crippen LogP contribution < -0.4 is 5.32 Å². The van der Waals surface area contributed by atoms with Crippen molar-refractivity contribution >= 4 is 23.5 Å². The van der Waals surface area contributed by atoms with Crippen molar-refractivity contribution in [2.45, 2.75) is 6.54 Å². The summed E-state index contributed by atoms with van der Waals surface area (Å²) >= 11 is 0. The van der Waals surface area contributed by atoms with Gasteiger partial charge in [-0.1, -0.05) is 72.8 Å². The van der Waals surface area contributed by atoms with Gasteiger partial charge in [-0.3, -0.25) is 4.79 Å². The summed E-state index contributed by atoms with van der Waals surface area (Å²) in [7, 11) is 0. The number of hydrogen-bond donors (Lipinski definition) is 2. The highest BCUT2D eigenvalue weighted by Gasteiger charge is 2.12. The Morgan fingerprint density at radius 2 is 1.44 bits per heavy atom. The molecule has 0 unspecified atom stereocenters. The number of benzene rings is 3. The molecule has 27 heavy (non-hydrogen) atoms. The van der Waals surface area contributed by atoms with E-state index in [9.17, 15) is 9.59 Å². The number of carboxylic acids is 1. The van der Waals surface area contributed by atoms with Crippen molar-refractivity contribution in [3.05, 3.63) is 107 Å². The third-order valence-electron chi connectivity index (χ3n) is 4.07. The Balaban J connectivity index is 1.83. The highest BCUT2D eigenvalue weighted by Crippen LogP contribution is 2.19. The van der Waals surface area contributed by atoms with Crippen LogP contribution in [0.2, 0.25) is 0 Å². The lowest BCUT2D eigenvalue weighted by molar-refractivity contribution is -0.115. The average molecular weight is 357 g/mol. The fourth-order valence-corrected chi connectivity index (χ4v) is 2.71. The monoisotopic (exact) mass is 357 g/mol. The zero-order valence-corrected chi connectivity index (χ0v) is 14.6. The summed E-state index contributed by atoms with van der Waals surface area (Å²) in [4.78, 5) is 23.9. The van der Waals surface area contributed by atoms with Gasteiger partial charge in [0.1, 0.15) is 0 Å². The molecule has 2 N–H and O–H groups in total. The number of amides is 1. The second-order valence-corrected chi connectivity index (χ2v) is 6.02. The molecule has 4 heteroatoms. The van der Waals surface area contributed by atoms with Crippen LogP contribution in [0.15, 0.2) is 84.9 Å². The molecular formula is C23H19NO3. The molecule has 0 bridgehead atoms. The van der Waals surface area contributed by atoms with Crippen LogP contribution in [-0.4, -0.2) is 17.0 Å². The summed E-state index contributed by atoms with van der Waals surface area (Å²) in [6.07, 6.45) is 1.85. The summed E-state index contributed by atoms with van der Waals surface area (Å²) in [5.41, 5.74) is 3.23. The number of nitrogens with one attached hydrogen (secondary N) is 1. The third kappa shape index (κ3) is 4.92. The smallest absolute Gasteiger partial charge is 0.335 e. The fraction of sp³-hybridized carbons (Fsp3) is 0.0435. The van der Waals surface area contributed by atoms with E-state index in [1.165, 1.54) is 6.07 Å². The molecule has 3 rings (SSSR count). The molecule has 3 aromatic carbocycles. The Bertz CT molecular complexity index is 963. The van der Waals surface area contributed by atoms with E-state index >= 15 is 0 Å². The Kier molecular flexibility index (Phi) is 5.80. The first kappa shape index (κ1) is 18.1. The van der Waals surface area contributed by atoms with Crippen LogP contribution in [0.5, 0.6) is 0 Å². The summed E-state index contributed by atoms with van der Waals surface area (Å²) in [5, 5.41) is 12.0. The van der Waals surface area contributed by atoms with Crippen LogP contribution in [0.3, 0.4) is 0 Å². The third-order valence-corrected chi connectivity index (χ3v) is 4.07. The van der Waals surface area contributed by atoms with Gasteiger partial charge in [-0.2, -0.15) is 0 Å². The van der Waals surface area contributed by atoms with Crippen LogP contribution >= 0.6 is 0 Å². The van der Waals surface area contributed by atoms with E-state index in [1.54, 1.807) is 18.2 Å². The molecule has 0 heterocycles. The number of carboxylic acid groups (broad SMARTS) is 1. The lowest BCUT2D eigenvalue weighted by atomic mass is 10.0. The van der Waals surface area contributed by atoms with Crippen LogP contribution in [0, 0.1) is 0 Å². The fourth-order valence-electron chi connectivity index (χ4n) is 2.71. The van der Waals surface area contributed by atoms with Gasteiger partial charge in [0.15, 0.2) is 0 Å². The zero-order chi connectivity index (χ0) is 19.1. The highest BCUT2D eigenvalue weighted by atomic mass is 16.4. The maximum Gasteiger partial charge on any atom is 0.335 e. The van der Waals surface area contributed by atoms with Crippen molar-refractivity contribution in [1.29, 1.82) is 0 Å². The van der Waals surface area contributed by atoms with Gasteiger partial charge in [-0.05, 0) is 34.9 Å². The standard InChI is InChI=1S/C23H19NO3/c25-22(24-16-18-10-7-13-20(14-18)23(26)27)21(19-11-5-2-6-12-19)15-17-8-3-1-4-9-17/h1-15H,16H2,(H,24,25)(H,26,27)/b21-15-. The first-order valence-corrected chi connectivity index (χ1v) is 8.56. The highest BCUT2D eigenvalue weighted by molar-refractivity contribution is 6.24. The number of hydrogen-bond acceptors (Lipinski definition) is 2. The van der Waals surface area contributed by atoms with Gasteiger partial charge in [0.2, 0.25) is 0 Å². The van der Waals surface area contributed by atoms with Crippen LogP contribution in [0.25, 0.3) is 11.6 Å². The number of carbonyl (C=O) groups excluding carboxylic acids is 1. The van der Waals surface area contributed by atoms with E-state index in [0.29, 0.717) is 5.57 Å². The van der Waals surface area contributed by atoms with Gasteiger partial charge in [-0.25, -0.2) is 4.79 Å². The molecule has 4 nitrogen and oxygen atoms in total. The maximum atomic E-state index is 12.8. The van der Waals surface area contributed by atoms with E-state index < -0.39 is 5.97 Å². The van der Waals surface area contributed by atoms with Gasteiger partial charge in [0, 0.05) is 12.1 Å². The molecule has 134 valence electrons. The van der Waals surface area contributed by atoms with Crippen LogP contribution in [0.4, 0.5) is 0 Å². The van der Waals surface area contributed by atoms with E-state index in [-0.39, 0.29) is 18.0 Å². The van der Waals surface area contributed by atoms with Crippen molar-refractivity contribution < 1.29 is 14.7 Å². The van der Waals surface area contributed by atoms with Gasteiger partial charge in [0.05, 0.1) is 5.56 Å². The number of carbonyl (C=O) groups is 2. The maximum absolute atomic E-state index is 12.8. The van der Waals surface area contributed by atoms with Gasteiger partial charge in [-0.15, -0.1) is 0 Å². The van der Waals surface area contributed by atoms with Crippen molar-refractivity contribution in [2.24, 2.45) is 0 Å². The molecule has 0 aromatic heterocycles.